The third-order valence-electron chi connectivity index (χ3n) is 2.93. The number of benzene rings is 1. The van der Waals surface area contributed by atoms with Crippen LogP contribution in [0, 0.1) is 0 Å². The van der Waals surface area contributed by atoms with Crippen molar-refractivity contribution < 1.29 is 13.2 Å². The van der Waals surface area contributed by atoms with Crippen molar-refractivity contribution in [3.8, 4) is 5.69 Å². The molecule has 0 aliphatic heterocycles. The summed E-state index contributed by atoms with van der Waals surface area (Å²) in [7, 11) is 0. The van der Waals surface area contributed by atoms with Crippen LogP contribution in [-0.2, 0) is 12.7 Å². The summed E-state index contributed by atoms with van der Waals surface area (Å²) in [4.78, 5) is 0. The second-order valence-electron chi connectivity index (χ2n) is 4.58. The van der Waals surface area contributed by atoms with E-state index < -0.39 is 11.9 Å². The standard InChI is InChI=1S/C14H15BrF3N3/c1-2-7-19-8-10-9-20-21(13(10)14(16,17)18)12-5-3-11(15)4-6-12/h3-6,9,19H,2,7-8H2,1H3. The Balaban J connectivity index is 2.39. The molecule has 1 heterocycles. The van der Waals surface area contributed by atoms with Gasteiger partial charge in [0, 0.05) is 16.6 Å². The van der Waals surface area contributed by atoms with Gasteiger partial charge in [0.2, 0.25) is 0 Å². The smallest absolute Gasteiger partial charge is 0.313 e. The van der Waals surface area contributed by atoms with Crippen LogP contribution in [0.2, 0.25) is 0 Å². The Hall–Kier alpha value is -1.34. The first-order valence-electron chi connectivity index (χ1n) is 6.54. The van der Waals surface area contributed by atoms with Crippen LogP contribution < -0.4 is 5.32 Å². The molecule has 0 bridgehead atoms. The fraction of sp³-hybridized carbons (Fsp3) is 0.357. The summed E-state index contributed by atoms with van der Waals surface area (Å²) in [6, 6.07) is 6.56. The van der Waals surface area contributed by atoms with Gasteiger partial charge < -0.3 is 5.32 Å². The molecule has 3 nitrogen and oxygen atoms in total. The fourth-order valence-electron chi connectivity index (χ4n) is 1.99. The minimum atomic E-state index is -4.45. The van der Waals surface area contributed by atoms with E-state index in [2.05, 4.69) is 26.3 Å². The Morgan fingerprint density at radius 3 is 2.48 bits per heavy atom. The number of aromatic nitrogens is 2. The van der Waals surface area contributed by atoms with Gasteiger partial charge in [0.1, 0.15) is 0 Å². The van der Waals surface area contributed by atoms with E-state index in [1.54, 1.807) is 24.3 Å². The average molecular weight is 362 g/mol. The zero-order chi connectivity index (χ0) is 15.5. The number of rotatable bonds is 5. The molecule has 21 heavy (non-hydrogen) atoms. The molecule has 1 N–H and O–H groups in total. The van der Waals surface area contributed by atoms with E-state index in [0.717, 1.165) is 15.6 Å². The van der Waals surface area contributed by atoms with Crippen LogP contribution in [0.1, 0.15) is 24.6 Å². The van der Waals surface area contributed by atoms with Gasteiger partial charge in [-0.1, -0.05) is 22.9 Å². The summed E-state index contributed by atoms with van der Waals surface area (Å²) >= 11 is 3.26. The van der Waals surface area contributed by atoms with Crippen LogP contribution in [0.15, 0.2) is 34.9 Å². The molecule has 0 saturated heterocycles. The molecule has 0 aliphatic carbocycles. The Kier molecular flexibility index (Phi) is 5.05. The summed E-state index contributed by atoms with van der Waals surface area (Å²) in [5.74, 6) is 0. The quantitative estimate of drug-likeness (QED) is 0.810. The van der Waals surface area contributed by atoms with Gasteiger partial charge in [0.25, 0.3) is 0 Å². The maximum absolute atomic E-state index is 13.3. The van der Waals surface area contributed by atoms with E-state index in [9.17, 15) is 13.2 Å². The minimum absolute atomic E-state index is 0.152. The van der Waals surface area contributed by atoms with Gasteiger partial charge in [0.05, 0.1) is 11.9 Å². The average Bonchev–Trinajstić information content (AvgIpc) is 2.84. The van der Waals surface area contributed by atoms with Gasteiger partial charge in [-0.25, -0.2) is 4.68 Å². The maximum Gasteiger partial charge on any atom is 0.433 e. The molecule has 0 fully saturated rings. The third kappa shape index (κ3) is 3.85. The van der Waals surface area contributed by atoms with Crippen molar-refractivity contribution in [3.63, 3.8) is 0 Å². The first-order valence-corrected chi connectivity index (χ1v) is 7.33. The molecular formula is C14H15BrF3N3. The normalized spacial score (nSPS) is 11.9. The second-order valence-corrected chi connectivity index (χ2v) is 5.50. The molecule has 0 aliphatic rings. The Bertz CT molecular complexity index is 591. The third-order valence-corrected chi connectivity index (χ3v) is 3.46. The monoisotopic (exact) mass is 361 g/mol. The van der Waals surface area contributed by atoms with Crippen LogP contribution >= 0.6 is 15.9 Å². The van der Waals surface area contributed by atoms with Crippen LogP contribution in [0.3, 0.4) is 0 Å². The lowest BCUT2D eigenvalue weighted by Gasteiger charge is -2.13. The molecule has 0 atom stereocenters. The highest BCUT2D eigenvalue weighted by molar-refractivity contribution is 9.10. The molecule has 2 aromatic rings. The van der Waals surface area contributed by atoms with E-state index in [4.69, 9.17) is 0 Å². The van der Waals surface area contributed by atoms with Gasteiger partial charge in [0.15, 0.2) is 5.69 Å². The fourth-order valence-corrected chi connectivity index (χ4v) is 2.26. The highest BCUT2D eigenvalue weighted by atomic mass is 79.9. The van der Waals surface area contributed by atoms with Crippen molar-refractivity contribution in [1.82, 2.24) is 15.1 Å². The van der Waals surface area contributed by atoms with Gasteiger partial charge in [-0.2, -0.15) is 18.3 Å². The van der Waals surface area contributed by atoms with Crippen molar-refractivity contribution in [2.24, 2.45) is 0 Å². The van der Waals surface area contributed by atoms with Crippen LogP contribution in [0.5, 0.6) is 0 Å². The molecule has 7 heteroatoms. The molecule has 2 rings (SSSR count). The summed E-state index contributed by atoms with van der Waals surface area (Å²) in [6.07, 6.45) is -2.32. The molecule has 0 amide bonds. The van der Waals surface area contributed by atoms with Crippen molar-refractivity contribution in [3.05, 3.63) is 46.2 Å². The van der Waals surface area contributed by atoms with E-state index in [1.165, 1.54) is 6.20 Å². The largest absolute Gasteiger partial charge is 0.433 e. The first-order chi connectivity index (χ1) is 9.93. The van der Waals surface area contributed by atoms with Gasteiger partial charge >= 0.3 is 6.18 Å². The lowest BCUT2D eigenvalue weighted by molar-refractivity contribution is -0.143. The molecule has 0 spiro atoms. The second kappa shape index (κ2) is 6.62. The predicted molar refractivity (Wildman–Crippen MR) is 78.3 cm³/mol. The summed E-state index contributed by atoms with van der Waals surface area (Å²) in [5, 5.41) is 6.88. The Labute approximate surface area is 129 Å². The first kappa shape index (κ1) is 16.0. The molecular weight excluding hydrogens is 347 g/mol. The summed E-state index contributed by atoms with van der Waals surface area (Å²) in [6.45, 7) is 2.78. The highest BCUT2D eigenvalue weighted by Gasteiger charge is 2.38. The summed E-state index contributed by atoms with van der Waals surface area (Å²) < 4.78 is 41.7. The number of nitrogens with one attached hydrogen (secondary N) is 1. The highest BCUT2D eigenvalue weighted by Crippen LogP contribution is 2.33. The minimum Gasteiger partial charge on any atom is -0.313 e. The number of hydrogen-bond donors (Lipinski definition) is 1. The molecule has 1 aromatic carbocycles. The van der Waals surface area contributed by atoms with Crippen molar-refractivity contribution in [1.29, 1.82) is 0 Å². The van der Waals surface area contributed by atoms with Crippen molar-refractivity contribution in [2.45, 2.75) is 26.1 Å². The zero-order valence-corrected chi connectivity index (χ0v) is 13.0. The lowest BCUT2D eigenvalue weighted by atomic mass is 10.2. The number of hydrogen-bond acceptors (Lipinski definition) is 2. The molecule has 0 radical (unpaired) electrons. The van der Waals surface area contributed by atoms with Gasteiger partial charge in [-0.15, -0.1) is 0 Å². The van der Waals surface area contributed by atoms with Crippen LogP contribution in [0.4, 0.5) is 13.2 Å². The number of nitrogens with zero attached hydrogens (tertiary/aromatic N) is 2. The van der Waals surface area contributed by atoms with Gasteiger partial charge in [-0.3, -0.25) is 0 Å². The predicted octanol–water partition coefficient (Wildman–Crippen LogP) is 4.15. The van der Waals surface area contributed by atoms with Crippen LogP contribution in [-0.4, -0.2) is 16.3 Å². The SMILES string of the molecule is CCCNCc1cnn(-c2ccc(Br)cc2)c1C(F)(F)F. The molecule has 1 aromatic heterocycles. The molecule has 0 unspecified atom stereocenters. The molecule has 0 saturated carbocycles. The van der Waals surface area contributed by atoms with Gasteiger partial charge in [-0.05, 0) is 37.2 Å². The zero-order valence-electron chi connectivity index (χ0n) is 11.4. The van der Waals surface area contributed by atoms with E-state index >= 15 is 0 Å². The van der Waals surface area contributed by atoms with E-state index in [0.29, 0.717) is 12.2 Å². The van der Waals surface area contributed by atoms with Crippen molar-refractivity contribution in [2.75, 3.05) is 6.54 Å². The van der Waals surface area contributed by atoms with Crippen molar-refractivity contribution >= 4 is 15.9 Å². The van der Waals surface area contributed by atoms with E-state index in [1.807, 2.05) is 6.92 Å². The number of alkyl halides is 3. The topological polar surface area (TPSA) is 29.9 Å². The van der Waals surface area contributed by atoms with Crippen LogP contribution in [0.25, 0.3) is 5.69 Å². The van der Waals surface area contributed by atoms with E-state index in [-0.39, 0.29) is 12.1 Å². The Morgan fingerprint density at radius 1 is 1.24 bits per heavy atom. The number of halogens is 4. The maximum atomic E-state index is 13.3. The Morgan fingerprint density at radius 2 is 1.90 bits per heavy atom. The lowest BCUT2D eigenvalue weighted by Crippen LogP contribution is -2.20. The summed E-state index contributed by atoms with van der Waals surface area (Å²) in [5.41, 5.74) is -0.195. The molecule has 114 valence electrons.